The minimum absolute atomic E-state index is 0.147. The minimum atomic E-state index is -3.66. The van der Waals surface area contributed by atoms with E-state index < -0.39 is 37.0 Å². The van der Waals surface area contributed by atoms with Gasteiger partial charge in [0.1, 0.15) is 18.0 Å². The first-order chi connectivity index (χ1) is 14.1. The van der Waals surface area contributed by atoms with Gasteiger partial charge in [0.2, 0.25) is 0 Å². The van der Waals surface area contributed by atoms with Crippen molar-refractivity contribution in [2.75, 3.05) is 33.2 Å². The highest BCUT2D eigenvalue weighted by molar-refractivity contribution is 8.44. The first-order valence-corrected chi connectivity index (χ1v) is 12.5. The molecule has 172 valence electrons. The molecular formula is C18H32N3O7PS. The first-order valence-electron chi connectivity index (χ1n) is 9.81. The van der Waals surface area contributed by atoms with Crippen LogP contribution in [0.25, 0.3) is 0 Å². The van der Waals surface area contributed by atoms with E-state index in [0.29, 0.717) is 24.5 Å². The van der Waals surface area contributed by atoms with E-state index in [1.807, 2.05) is 0 Å². The summed E-state index contributed by atoms with van der Waals surface area (Å²) in [4.78, 5) is 16.4. The molecule has 0 spiro atoms. The summed E-state index contributed by atoms with van der Waals surface area (Å²) < 4.78 is 41.8. The molecule has 0 saturated carbocycles. The van der Waals surface area contributed by atoms with E-state index >= 15 is 0 Å². The highest BCUT2D eigenvalue weighted by Crippen LogP contribution is 2.56. The molecule has 30 heavy (non-hydrogen) atoms. The second-order valence-corrected chi connectivity index (χ2v) is 10.3. The fourth-order valence-corrected chi connectivity index (χ4v) is 4.19. The molecule has 12 heteroatoms. The molecule has 0 amide bonds. The molecule has 1 aromatic heterocycles. The lowest BCUT2D eigenvalue weighted by molar-refractivity contribution is -0.0791. The predicted molar refractivity (Wildman–Crippen MR) is 116 cm³/mol. The number of nitrogens with zero attached hydrogens (tertiary/aromatic N) is 2. The molecule has 2 N–H and O–H groups in total. The van der Waals surface area contributed by atoms with Crippen LogP contribution in [0, 0.1) is 12.8 Å². The molecule has 2 rings (SSSR count). The minimum Gasteiger partial charge on any atom is -0.383 e. The molecule has 2 heterocycles. The van der Waals surface area contributed by atoms with Gasteiger partial charge in [0.25, 0.3) is 0 Å². The van der Waals surface area contributed by atoms with Crippen LogP contribution in [0.4, 0.5) is 5.82 Å². The third-order valence-electron chi connectivity index (χ3n) is 5.15. The smallest absolute Gasteiger partial charge is 0.383 e. The van der Waals surface area contributed by atoms with Crippen LogP contribution in [0.1, 0.15) is 38.5 Å². The predicted octanol–water partition coefficient (Wildman–Crippen LogP) is 2.57. The highest BCUT2D eigenvalue weighted by Gasteiger charge is 2.50. The molecule has 1 fully saturated rings. The zero-order valence-corrected chi connectivity index (χ0v) is 19.8. The van der Waals surface area contributed by atoms with E-state index in [2.05, 4.69) is 31.1 Å². The van der Waals surface area contributed by atoms with Gasteiger partial charge in [-0.15, -0.1) is 0 Å². The van der Waals surface area contributed by atoms with E-state index in [1.54, 1.807) is 20.2 Å². The van der Waals surface area contributed by atoms with Crippen molar-refractivity contribution in [3.8, 4) is 0 Å². The Hall–Kier alpha value is -0.940. The molecular weight excluding hydrogens is 433 g/mol. The van der Waals surface area contributed by atoms with Crippen molar-refractivity contribution >= 4 is 24.9 Å². The van der Waals surface area contributed by atoms with E-state index in [-0.39, 0.29) is 12.4 Å². The average molecular weight is 466 g/mol. The van der Waals surface area contributed by atoms with Crippen LogP contribution in [0.3, 0.4) is 0 Å². The number of nitrogen functional groups attached to an aromatic ring is 1. The Bertz CT molecular complexity index is 808. The van der Waals surface area contributed by atoms with E-state index in [4.69, 9.17) is 29.0 Å². The zero-order chi connectivity index (χ0) is 22.5. The highest BCUT2D eigenvalue weighted by atomic mass is 32.7. The molecule has 6 atom stereocenters. The molecule has 0 aromatic carbocycles. The summed E-state index contributed by atoms with van der Waals surface area (Å²) in [7, 11) is 2.81. The molecule has 1 aromatic rings. The number of nitrogens with two attached hydrogens (primary N) is 1. The largest absolute Gasteiger partial charge is 0.386 e. The van der Waals surface area contributed by atoms with E-state index in [0.717, 1.165) is 6.42 Å². The van der Waals surface area contributed by atoms with Gasteiger partial charge in [0.05, 0.1) is 19.3 Å². The lowest BCUT2D eigenvalue weighted by Gasteiger charge is -2.27. The Morgan fingerprint density at radius 1 is 1.37 bits per heavy atom. The van der Waals surface area contributed by atoms with Gasteiger partial charge in [-0.3, -0.25) is 9.09 Å². The fourth-order valence-electron chi connectivity index (χ4n) is 3.22. The molecule has 10 nitrogen and oxygen atoms in total. The maximum atomic E-state index is 12.6. The van der Waals surface area contributed by atoms with Crippen molar-refractivity contribution < 1.29 is 27.8 Å². The monoisotopic (exact) mass is 465 g/mol. The van der Waals surface area contributed by atoms with Crippen LogP contribution in [0.15, 0.2) is 11.0 Å². The number of hydrogen-bond donors (Lipinski definition) is 2. The molecule has 0 bridgehead atoms. The van der Waals surface area contributed by atoms with E-state index in [1.165, 1.54) is 11.7 Å². The Morgan fingerprint density at radius 2 is 2.07 bits per heavy atom. The molecule has 6 unspecified atom stereocenters. The normalized spacial score (nSPS) is 27.1. The van der Waals surface area contributed by atoms with Crippen molar-refractivity contribution in [2.45, 2.75) is 58.2 Å². The number of rotatable bonds is 11. The van der Waals surface area contributed by atoms with Crippen LogP contribution in [-0.4, -0.2) is 55.3 Å². The van der Waals surface area contributed by atoms with Crippen molar-refractivity contribution in [2.24, 2.45) is 5.92 Å². The maximum absolute atomic E-state index is 12.6. The first kappa shape index (κ1) is 25.3. The van der Waals surface area contributed by atoms with Gasteiger partial charge in [-0.05, 0) is 19.3 Å². The molecule has 0 aliphatic carbocycles. The van der Waals surface area contributed by atoms with Crippen LogP contribution in [0.2, 0.25) is 0 Å². The number of anilines is 1. The van der Waals surface area contributed by atoms with Crippen molar-refractivity contribution in [1.29, 1.82) is 0 Å². The Balaban J connectivity index is 2.46. The number of thiol groups is 1. The summed E-state index contributed by atoms with van der Waals surface area (Å²) in [6.07, 6.45) is 0.179. The Kier molecular flexibility index (Phi) is 9.35. The standard InChI is InChI=1S/C18H32N3O7PS/c1-6-11(2)9-13-14(28-29(23,30)25-5)15(26-8-7-24-4)17(27-13)21-10-12(3)16(19)20-18(21)22/h10-11,13-15,17H,6-9H2,1-5H3,(H,23,30)(H2,19,20,22). The topological polar surface area (TPSA) is 124 Å². The second-order valence-electron chi connectivity index (χ2n) is 7.36. The van der Waals surface area contributed by atoms with Gasteiger partial charge in [0.15, 0.2) is 6.23 Å². The summed E-state index contributed by atoms with van der Waals surface area (Å²) >= 11 is 4.01. The van der Waals surface area contributed by atoms with Crippen LogP contribution < -0.4 is 11.4 Å². The van der Waals surface area contributed by atoms with E-state index in [9.17, 15) is 9.36 Å². The maximum Gasteiger partial charge on any atom is 0.386 e. The van der Waals surface area contributed by atoms with Crippen LogP contribution in [0.5, 0.6) is 0 Å². The second kappa shape index (κ2) is 11.1. The number of ether oxygens (including phenoxy) is 3. The van der Waals surface area contributed by atoms with Crippen molar-refractivity contribution in [3.05, 3.63) is 22.2 Å². The number of methoxy groups -OCH3 is 1. The van der Waals surface area contributed by atoms with Crippen LogP contribution in [-0.2, 0) is 27.8 Å². The Morgan fingerprint density at radius 3 is 2.67 bits per heavy atom. The molecule has 0 radical (unpaired) electrons. The summed E-state index contributed by atoms with van der Waals surface area (Å²) in [5, 5.41) is 0. The average Bonchev–Trinajstić information content (AvgIpc) is 3.01. The summed E-state index contributed by atoms with van der Waals surface area (Å²) in [6, 6.07) is 0. The summed E-state index contributed by atoms with van der Waals surface area (Å²) in [5.41, 5.74) is 5.80. The Labute approximate surface area is 182 Å². The van der Waals surface area contributed by atoms with Gasteiger partial charge in [-0.25, -0.2) is 9.36 Å². The summed E-state index contributed by atoms with van der Waals surface area (Å²) in [5.74, 6) is 0.443. The van der Waals surface area contributed by atoms with Crippen molar-refractivity contribution in [3.63, 3.8) is 0 Å². The van der Waals surface area contributed by atoms with Gasteiger partial charge in [-0.2, -0.15) is 4.98 Å². The van der Waals surface area contributed by atoms with Gasteiger partial charge >= 0.3 is 12.5 Å². The number of aromatic nitrogens is 2. The van der Waals surface area contributed by atoms with Crippen LogP contribution >= 0.6 is 19.0 Å². The molecule has 1 aliphatic heterocycles. The lowest BCUT2D eigenvalue weighted by Crippen LogP contribution is -2.39. The summed E-state index contributed by atoms with van der Waals surface area (Å²) in [6.45, 7) is 2.77. The van der Waals surface area contributed by atoms with Gasteiger partial charge < -0.3 is 24.5 Å². The third kappa shape index (κ3) is 6.29. The zero-order valence-electron chi connectivity index (χ0n) is 18.0. The van der Waals surface area contributed by atoms with Gasteiger partial charge in [-0.1, -0.05) is 32.5 Å². The number of aryl methyl sites for hydroxylation is 1. The lowest BCUT2D eigenvalue weighted by atomic mass is 9.97. The molecule has 1 aliphatic rings. The van der Waals surface area contributed by atoms with Gasteiger partial charge in [0, 0.05) is 26.0 Å². The van der Waals surface area contributed by atoms with Crippen molar-refractivity contribution in [1.82, 2.24) is 9.55 Å². The number of hydrogen-bond acceptors (Lipinski definition) is 9. The third-order valence-corrected chi connectivity index (χ3v) is 6.89. The fraction of sp³-hybridized carbons (Fsp3) is 0.778. The SMILES string of the molecule is CCC(C)CC1OC(n2cc(C)c(N)nc2=O)C(OCCOC)C1OP(=O)(S)OC. The molecule has 1 saturated heterocycles. The quantitative estimate of drug-likeness (QED) is 0.288.